The number of methoxy groups -OCH3 is 1. The lowest BCUT2D eigenvalue weighted by Gasteiger charge is -2.22. The standard InChI is InChI=1S/C25H30ClN3O5S/c1-4-16(2)22(24-27-21(15-30)23(26)28-24)18-10-12-19(13-11-18)35(32,33)29-20(25(31)34-3)14-17-8-6-5-7-9-17/h5-13,16,20,22,29-30H,4,14-15H2,1-3H3,(H,27,28)/t16?,20-,22?/m1/s1. The van der Waals surface area contributed by atoms with Gasteiger partial charge < -0.3 is 14.8 Å². The number of carbonyl (C=O) groups excluding carboxylic acids is 1. The third kappa shape index (κ3) is 6.49. The summed E-state index contributed by atoms with van der Waals surface area (Å²) in [4.78, 5) is 19.8. The number of aromatic amines is 1. The molecular weight excluding hydrogens is 490 g/mol. The Morgan fingerprint density at radius 3 is 2.37 bits per heavy atom. The van der Waals surface area contributed by atoms with E-state index in [4.69, 9.17) is 16.3 Å². The van der Waals surface area contributed by atoms with Crippen LogP contribution in [0.25, 0.3) is 0 Å². The van der Waals surface area contributed by atoms with Gasteiger partial charge in [-0.25, -0.2) is 13.4 Å². The molecule has 0 radical (unpaired) electrons. The van der Waals surface area contributed by atoms with Gasteiger partial charge in [-0.1, -0.05) is 74.3 Å². The number of hydrogen-bond acceptors (Lipinski definition) is 6. The highest BCUT2D eigenvalue weighted by molar-refractivity contribution is 7.89. The van der Waals surface area contributed by atoms with Crippen molar-refractivity contribution in [2.45, 2.75) is 50.2 Å². The number of esters is 1. The van der Waals surface area contributed by atoms with Crippen molar-refractivity contribution in [1.29, 1.82) is 0 Å². The van der Waals surface area contributed by atoms with Crippen molar-refractivity contribution in [3.05, 3.63) is 82.4 Å². The van der Waals surface area contributed by atoms with Crippen LogP contribution < -0.4 is 4.72 Å². The third-order valence-corrected chi connectivity index (χ3v) is 7.83. The van der Waals surface area contributed by atoms with Crippen LogP contribution in [0.3, 0.4) is 0 Å². The zero-order valence-corrected chi connectivity index (χ0v) is 21.4. The maximum Gasteiger partial charge on any atom is 0.324 e. The van der Waals surface area contributed by atoms with Gasteiger partial charge in [0.25, 0.3) is 0 Å². The molecule has 0 saturated heterocycles. The molecule has 3 atom stereocenters. The van der Waals surface area contributed by atoms with E-state index in [1.807, 2.05) is 30.3 Å². The van der Waals surface area contributed by atoms with Gasteiger partial charge in [-0.15, -0.1) is 0 Å². The van der Waals surface area contributed by atoms with E-state index in [2.05, 4.69) is 28.5 Å². The largest absolute Gasteiger partial charge is 0.468 e. The molecule has 10 heteroatoms. The highest BCUT2D eigenvalue weighted by Crippen LogP contribution is 2.34. The summed E-state index contributed by atoms with van der Waals surface area (Å²) in [5.41, 5.74) is 2.09. The highest BCUT2D eigenvalue weighted by atomic mass is 35.5. The molecule has 1 aromatic heterocycles. The number of ether oxygens (including phenoxy) is 1. The summed E-state index contributed by atoms with van der Waals surface area (Å²) in [5, 5.41) is 9.68. The number of H-pyrrole nitrogens is 1. The van der Waals surface area contributed by atoms with E-state index in [0.717, 1.165) is 17.5 Å². The molecule has 188 valence electrons. The van der Waals surface area contributed by atoms with Crippen LogP contribution in [0.15, 0.2) is 59.5 Å². The zero-order valence-electron chi connectivity index (χ0n) is 19.9. The van der Waals surface area contributed by atoms with Gasteiger partial charge in [0.1, 0.15) is 11.9 Å². The van der Waals surface area contributed by atoms with Gasteiger partial charge in [-0.2, -0.15) is 4.72 Å². The second-order valence-corrected chi connectivity index (χ2v) is 10.4. The van der Waals surface area contributed by atoms with Crippen molar-refractivity contribution in [3.8, 4) is 0 Å². The van der Waals surface area contributed by atoms with Gasteiger partial charge in [0.15, 0.2) is 5.15 Å². The number of nitrogens with zero attached hydrogens (tertiary/aromatic N) is 1. The minimum absolute atomic E-state index is 0.0274. The van der Waals surface area contributed by atoms with Crippen LogP contribution >= 0.6 is 11.6 Å². The molecule has 0 aliphatic carbocycles. The number of rotatable bonds is 11. The SMILES string of the molecule is CCC(C)C(c1ccc(S(=O)(=O)N[C@H](Cc2ccccc2)C(=O)OC)cc1)c1nc(Cl)c(CO)[nH]1. The Labute approximate surface area is 210 Å². The predicted molar refractivity (Wildman–Crippen MR) is 134 cm³/mol. The Morgan fingerprint density at radius 2 is 1.83 bits per heavy atom. The lowest BCUT2D eigenvalue weighted by atomic mass is 9.85. The summed E-state index contributed by atoms with van der Waals surface area (Å²) >= 11 is 6.13. The lowest BCUT2D eigenvalue weighted by Crippen LogP contribution is -2.42. The van der Waals surface area contributed by atoms with Crippen LogP contribution in [-0.4, -0.2) is 42.6 Å². The molecule has 3 aromatic rings. The summed E-state index contributed by atoms with van der Waals surface area (Å²) in [7, 11) is -2.78. The van der Waals surface area contributed by atoms with Crippen LogP contribution in [0.1, 0.15) is 48.8 Å². The molecule has 0 bridgehead atoms. The van der Waals surface area contributed by atoms with Crippen molar-refractivity contribution in [2.24, 2.45) is 5.92 Å². The van der Waals surface area contributed by atoms with Crippen LogP contribution in [0, 0.1) is 5.92 Å². The van der Waals surface area contributed by atoms with Gasteiger partial charge in [0.05, 0.1) is 24.3 Å². The molecule has 3 rings (SSSR count). The predicted octanol–water partition coefficient (Wildman–Crippen LogP) is 3.80. The fourth-order valence-electron chi connectivity index (χ4n) is 3.93. The van der Waals surface area contributed by atoms with Crippen molar-refractivity contribution in [1.82, 2.24) is 14.7 Å². The molecule has 0 fully saturated rings. The monoisotopic (exact) mass is 519 g/mol. The number of imidazole rings is 1. The second-order valence-electron chi connectivity index (χ2n) is 8.37. The number of aliphatic hydroxyl groups excluding tert-OH is 1. The molecule has 0 saturated carbocycles. The lowest BCUT2D eigenvalue weighted by molar-refractivity contribution is -0.142. The number of hydrogen-bond donors (Lipinski definition) is 3. The topological polar surface area (TPSA) is 121 Å². The number of benzene rings is 2. The fourth-order valence-corrected chi connectivity index (χ4v) is 5.31. The molecule has 8 nitrogen and oxygen atoms in total. The van der Waals surface area contributed by atoms with E-state index in [-0.39, 0.29) is 34.9 Å². The van der Waals surface area contributed by atoms with Crippen molar-refractivity contribution in [3.63, 3.8) is 0 Å². The minimum atomic E-state index is -4.00. The number of nitrogens with one attached hydrogen (secondary N) is 2. The fraction of sp³-hybridized carbons (Fsp3) is 0.360. The Bertz CT molecular complexity index is 1230. The van der Waals surface area contributed by atoms with Gasteiger partial charge >= 0.3 is 5.97 Å². The average molecular weight is 520 g/mol. The van der Waals surface area contributed by atoms with E-state index in [0.29, 0.717) is 11.5 Å². The van der Waals surface area contributed by atoms with Crippen molar-refractivity contribution >= 4 is 27.6 Å². The number of aromatic nitrogens is 2. The normalized spacial score (nSPS) is 14.3. The van der Waals surface area contributed by atoms with E-state index in [1.165, 1.54) is 19.2 Å². The Hall–Kier alpha value is -2.72. The van der Waals surface area contributed by atoms with Crippen LogP contribution in [0.5, 0.6) is 0 Å². The quantitative estimate of drug-likeness (QED) is 0.331. The number of aliphatic hydroxyl groups is 1. The van der Waals surface area contributed by atoms with E-state index < -0.39 is 22.0 Å². The summed E-state index contributed by atoms with van der Waals surface area (Å²) in [6, 6.07) is 14.5. The third-order valence-electron chi connectivity index (χ3n) is 6.03. The molecule has 0 spiro atoms. The molecule has 0 amide bonds. The molecule has 1 heterocycles. The first-order chi connectivity index (χ1) is 16.7. The second kappa shape index (κ2) is 11.8. The molecule has 0 aliphatic rings. The summed E-state index contributed by atoms with van der Waals surface area (Å²) in [5.74, 6) is -0.0710. The molecule has 3 N–H and O–H groups in total. The first-order valence-electron chi connectivity index (χ1n) is 11.3. The molecule has 2 unspecified atom stereocenters. The number of sulfonamides is 1. The highest BCUT2D eigenvalue weighted by Gasteiger charge is 2.28. The van der Waals surface area contributed by atoms with Gasteiger partial charge in [-0.05, 0) is 35.6 Å². The molecular formula is C25H30ClN3O5S. The Morgan fingerprint density at radius 1 is 1.17 bits per heavy atom. The maximum atomic E-state index is 13.1. The molecule has 0 aliphatic heterocycles. The van der Waals surface area contributed by atoms with Crippen LogP contribution in [0.2, 0.25) is 5.15 Å². The molecule has 35 heavy (non-hydrogen) atoms. The van der Waals surface area contributed by atoms with Crippen molar-refractivity contribution in [2.75, 3.05) is 7.11 Å². The first kappa shape index (κ1) is 26.9. The summed E-state index contributed by atoms with van der Waals surface area (Å²) in [6.07, 6.45) is 1.01. The maximum absolute atomic E-state index is 13.1. The van der Waals surface area contributed by atoms with Crippen LogP contribution in [-0.2, 0) is 32.6 Å². The summed E-state index contributed by atoms with van der Waals surface area (Å²) < 4.78 is 33.5. The number of carbonyl (C=O) groups is 1. The summed E-state index contributed by atoms with van der Waals surface area (Å²) in [6.45, 7) is 3.86. The first-order valence-corrected chi connectivity index (χ1v) is 13.1. The van der Waals surface area contributed by atoms with Crippen LogP contribution in [0.4, 0.5) is 0 Å². The smallest absolute Gasteiger partial charge is 0.324 e. The Balaban J connectivity index is 1.87. The van der Waals surface area contributed by atoms with Gasteiger partial charge in [0, 0.05) is 5.92 Å². The van der Waals surface area contributed by atoms with E-state index in [9.17, 15) is 18.3 Å². The number of halogens is 1. The average Bonchev–Trinajstić information content (AvgIpc) is 3.23. The Kier molecular flexibility index (Phi) is 9.07. The van der Waals surface area contributed by atoms with Gasteiger partial charge in [-0.3, -0.25) is 4.79 Å². The zero-order chi connectivity index (χ0) is 25.6. The van der Waals surface area contributed by atoms with Crippen molar-refractivity contribution < 1.29 is 23.1 Å². The molecule has 2 aromatic carbocycles. The van der Waals surface area contributed by atoms with Gasteiger partial charge in [0.2, 0.25) is 10.0 Å². The minimum Gasteiger partial charge on any atom is -0.468 e. The van der Waals surface area contributed by atoms with E-state index >= 15 is 0 Å². The van der Waals surface area contributed by atoms with E-state index in [1.54, 1.807) is 12.1 Å².